The minimum atomic E-state index is -0.268. The topological polar surface area (TPSA) is 101 Å². The maximum atomic E-state index is 12.3. The molecule has 8 nitrogen and oxygen atoms in total. The Morgan fingerprint density at radius 2 is 2.12 bits per heavy atom. The highest BCUT2D eigenvalue weighted by Gasteiger charge is 2.29. The maximum absolute atomic E-state index is 12.3. The standard InChI is InChI=1S/C18H17N5O3/c1-9-4-12(25-3)16-13(5-9)26-17-14(23-16)10(18(24)19-2)6-21-15(17)11-7-20-8-22-11/h4-8,23H,1-3H3,(H,19,24)(H,20,22). The van der Waals surface area contributed by atoms with E-state index in [2.05, 4.69) is 25.6 Å². The Labute approximate surface area is 149 Å². The van der Waals surface area contributed by atoms with Gasteiger partial charge in [-0.25, -0.2) is 9.97 Å². The number of amides is 1. The summed E-state index contributed by atoms with van der Waals surface area (Å²) in [6.07, 6.45) is 4.72. The fourth-order valence-corrected chi connectivity index (χ4v) is 2.92. The summed E-state index contributed by atoms with van der Waals surface area (Å²) in [5.74, 6) is 1.42. The van der Waals surface area contributed by atoms with Gasteiger partial charge in [0, 0.05) is 13.2 Å². The molecule has 1 amide bonds. The quantitative estimate of drug-likeness (QED) is 0.524. The fraction of sp³-hybridized carbons (Fsp3) is 0.167. The lowest BCUT2D eigenvalue weighted by Crippen LogP contribution is -2.21. The first-order valence-corrected chi connectivity index (χ1v) is 7.99. The van der Waals surface area contributed by atoms with Crippen LogP contribution in [0, 0.1) is 6.92 Å². The van der Waals surface area contributed by atoms with Gasteiger partial charge >= 0.3 is 0 Å². The zero-order valence-electron chi connectivity index (χ0n) is 14.5. The van der Waals surface area contributed by atoms with Gasteiger partial charge < -0.3 is 25.1 Å². The Bertz CT molecular complexity index is 999. The SMILES string of the molecule is CNC(=O)c1cnc(-c2cnc[nH]2)c2c1Nc1c(OC)cc(C)cc1O2. The van der Waals surface area contributed by atoms with Crippen molar-refractivity contribution < 1.29 is 14.3 Å². The van der Waals surface area contributed by atoms with Crippen LogP contribution in [-0.4, -0.2) is 35.0 Å². The summed E-state index contributed by atoms with van der Waals surface area (Å²) < 4.78 is 11.6. The first-order valence-electron chi connectivity index (χ1n) is 7.99. The van der Waals surface area contributed by atoms with Crippen molar-refractivity contribution in [3.63, 3.8) is 0 Å². The molecule has 3 aromatic rings. The first kappa shape index (κ1) is 15.9. The van der Waals surface area contributed by atoms with Crippen LogP contribution in [0.15, 0.2) is 30.9 Å². The Morgan fingerprint density at radius 1 is 1.27 bits per heavy atom. The summed E-state index contributed by atoms with van der Waals surface area (Å²) >= 11 is 0. The molecule has 3 N–H and O–H groups in total. The second-order valence-corrected chi connectivity index (χ2v) is 5.84. The van der Waals surface area contributed by atoms with Crippen molar-refractivity contribution in [1.82, 2.24) is 20.3 Å². The van der Waals surface area contributed by atoms with Gasteiger partial charge in [-0.1, -0.05) is 0 Å². The van der Waals surface area contributed by atoms with Gasteiger partial charge in [0.15, 0.2) is 11.5 Å². The Hall–Kier alpha value is -3.55. The van der Waals surface area contributed by atoms with Crippen molar-refractivity contribution in [2.75, 3.05) is 19.5 Å². The number of hydrogen-bond donors (Lipinski definition) is 3. The lowest BCUT2D eigenvalue weighted by molar-refractivity contribution is 0.0963. The highest BCUT2D eigenvalue weighted by Crippen LogP contribution is 2.50. The molecule has 26 heavy (non-hydrogen) atoms. The lowest BCUT2D eigenvalue weighted by atomic mass is 10.1. The van der Waals surface area contributed by atoms with Crippen LogP contribution in [0.2, 0.25) is 0 Å². The van der Waals surface area contributed by atoms with Crippen molar-refractivity contribution >= 4 is 17.3 Å². The number of nitrogens with zero attached hydrogens (tertiary/aromatic N) is 2. The number of H-pyrrole nitrogens is 1. The number of anilines is 2. The largest absolute Gasteiger partial charge is 0.494 e. The van der Waals surface area contributed by atoms with Crippen LogP contribution in [0.3, 0.4) is 0 Å². The smallest absolute Gasteiger partial charge is 0.254 e. The minimum Gasteiger partial charge on any atom is -0.494 e. The average molecular weight is 351 g/mol. The van der Waals surface area contributed by atoms with E-state index in [4.69, 9.17) is 9.47 Å². The number of pyridine rings is 1. The average Bonchev–Trinajstić information content (AvgIpc) is 3.18. The molecular weight excluding hydrogens is 334 g/mol. The van der Waals surface area contributed by atoms with Gasteiger partial charge in [-0.3, -0.25) is 4.79 Å². The van der Waals surface area contributed by atoms with E-state index in [1.54, 1.807) is 26.7 Å². The molecule has 0 unspecified atom stereocenters. The van der Waals surface area contributed by atoms with E-state index < -0.39 is 0 Å². The third-order valence-electron chi connectivity index (χ3n) is 4.15. The zero-order valence-corrected chi connectivity index (χ0v) is 14.5. The third-order valence-corrected chi connectivity index (χ3v) is 4.15. The van der Waals surface area contributed by atoms with E-state index in [1.165, 1.54) is 6.20 Å². The minimum absolute atomic E-state index is 0.268. The van der Waals surface area contributed by atoms with Gasteiger partial charge in [0.1, 0.15) is 17.1 Å². The Kier molecular flexibility index (Phi) is 3.72. The molecule has 0 atom stereocenters. The molecule has 0 saturated heterocycles. The van der Waals surface area contributed by atoms with Gasteiger partial charge in [0.2, 0.25) is 0 Å². The highest BCUT2D eigenvalue weighted by molar-refractivity contribution is 6.04. The third kappa shape index (κ3) is 2.43. The second kappa shape index (κ2) is 6.07. The number of methoxy groups -OCH3 is 1. The van der Waals surface area contributed by atoms with E-state index in [1.807, 2.05) is 19.1 Å². The molecule has 1 aliphatic rings. The van der Waals surface area contributed by atoms with Crippen molar-refractivity contribution in [1.29, 1.82) is 0 Å². The van der Waals surface area contributed by atoms with E-state index in [0.717, 1.165) is 5.56 Å². The number of imidazole rings is 1. The van der Waals surface area contributed by atoms with Gasteiger partial charge in [-0.15, -0.1) is 0 Å². The fourth-order valence-electron chi connectivity index (χ4n) is 2.92. The number of aromatic nitrogens is 3. The van der Waals surface area contributed by atoms with Crippen LogP contribution in [0.1, 0.15) is 15.9 Å². The summed E-state index contributed by atoms with van der Waals surface area (Å²) in [7, 11) is 3.16. The number of ether oxygens (including phenoxy) is 2. The maximum Gasteiger partial charge on any atom is 0.254 e. The normalized spacial score (nSPS) is 11.7. The van der Waals surface area contributed by atoms with Crippen LogP contribution in [0.5, 0.6) is 17.2 Å². The molecule has 2 aromatic heterocycles. The zero-order chi connectivity index (χ0) is 18.3. The molecular formula is C18H17N5O3. The summed E-state index contributed by atoms with van der Waals surface area (Å²) in [6, 6.07) is 3.80. The van der Waals surface area contributed by atoms with Crippen LogP contribution >= 0.6 is 0 Å². The number of fused-ring (bicyclic) bond motifs is 2. The van der Waals surface area contributed by atoms with Crippen LogP contribution in [0.4, 0.5) is 11.4 Å². The van der Waals surface area contributed by atoms with E-state index in [-0.39, 0.29) is 5.91 Å². The summed E-state index contributed by atoms with van der Waals surface area (Å²) in [5.41, 5.74) is 3.80. The predicted octanol–water partition coefficient (Wildman–Crippen LogP) is 3.00. The monoisotopic (exact) mass is 351 g/mol. The molecule has 0 aliphatic carbocycles. The Morgan fingerprint density at radius 3 is 2.81 bits per heavy atom. The molecule has 0 saturated carbocycles. The molecule has 1 aromatic carbocycles. The van der Waals surface area contributed by atoms with E-state index >= 15 is 0 Å². The van der Waals surface area contributed by atoms with Crippen LogP contribution < -0.4 is 20.1 Å². The van der Waals surface area contributed by atoms with Gasteiger partial charge in [0.25, 0.3) is 5.91 Å². The second-order valence-electron chi connectivity index (χ2n) is 5.84. The molecule has 8 heteroatoms. The van der Waals surface area contributed by atoms with Crippen molar-refractivity contribution in [2.24, 2.45) is 0 Å². The number of benzene rings is 1. The molecule has 1 aliphatic heterocycles. The number of nitrogens with one attached hydrogen (secondary N) is 3. The molecule has 0 spiro atoms. The molecule has 3 heterocycles. The Balaban J connectivity index is 1.94. The van der Waals surface area contributed by atoms with Gasteiger partial charge in [-0.05, 0) is 24.6 Å². The molecule has 132 valence electrons. The van der Waals surface area contributed by atoms with E-state index in [0.29, 0.717) is 45.6 Å². The van der Waals surface area contributed by atoms with Crippen molar-refractivity contribution in [2.45, 2.75) is 6.92 Å². The molecule has 0 radical (unpaired) electrons. The first-order chi connectivity index (χ1) is 12.6. The van der Waals surface area contributed by atoms with Crippen LogP contribution in [-0.2, 0) is 0 Å². The lowest BCUT2D eigenvalue weighted by Gasteiger charge is -2.26. The number of carbonyl (C=O) groups excluding carboxylic acids is 1. The number of rotatable bonds is 3. The van der Waals surface area contributed by atoms with Gasteiger partial charge in [0.05, 0.1) is 36.6 Å². The number of aryl methyl sites for hydroxylation is 1. The summed E-state index contributed by atoms with van der Waals surface area (Å²) in [5, 5.41) is 5.91. The van der Waals surface area contributed by atoms with E-state index in [9.17, 15) is 4.79 Å². The summed E-state index contributed by atoms with van der Waals surface area (Å²) in [4.78, 5) is 23.8. The molecule has 0 fully saturated rings. The predicted molar refractivity (Wildman–Crippen MR) is 96.3 cm³/mol. The summed E-state index contributed by atoms with van der Waals surface area (Å²) in [6.45, 7) is 1.96. The van der Waals surface area contributed by atoms with Crippen LogP contribution in [0.25, 0.3) is 11.4 Å². The highest BCUT2D eigenvalue weighted by atomic mass is 16.5. The number of hydrogen-bond acceptors (Lipinski definition) is 6. The van der Waals surface area contributed by atoms with Crippen molar-refractivity contribution in [3.8, 4) is 28.6 Å². The number of carbonyl (C=O) groups is 1. The molecule has 4 rings (SSSR count). The van der Waals surface area contributed by atoms with Crippen molar-refractivity contribution in [3.05, 3.63) is 42.0 Å². The van der Waals surface area contributed by atoms with Gasteiger partial charge in [-0.2, -0.15) is 0 Å². The number of aromatic amines is 1. The molecule has 0 bridgehead atoms.